The van der Waals surface area contributed by atoms with Gasteiger partial charge in [-0.1, -0.05) is 29.8 Å². The van der Waals surface area contributed by atoms with Crippen LogP contribution in [-0.4, -0.2) is 19.7 Å². The van der Waals surface area contributed by atoms with Crippen molar-refractivity contribution in [2.75, 3.05) is 4.72 Å². The van der Waals surface area contributed by atoms with Crippen LogP contribution >= 0.6 is 11.6 Å². The number of anilines is 1. The third-order valence-corrected chi connectivity index (χ3v) is 5.45. The third kappa shape index (κ3) is 4.08. The van der Waals surface area contributed by atoms with Crippen LogP contribution in [0.3, 0.4) is 0 Å². The Morgan fingerprint density at radius 2 is 1.64 bits per heavy atom. The fourth-order valence-corrected chi connectivity index (χ4v) is 3.67. The second-order valence-corrected chi connectivity index (χ2v) is 7.75. The first kappa shape index (κ1) is 19.6. The highest BCUT2D eigenvalue weighted by Crippen LogP contribution is 2.38. The van der Waals surface area contributed by atoms with Gasteiger partial charge < -0.3 is 5.11 Å². The molecule has 4 nitrogen and oxygen atoms in total. The van der Waals surface area contributed by atoms with Crippen molar-refractivity contribution in [3.05, 3.63) is 58.6 Å². The van der Waals surface area contributed by atoms with Crippen molar-refractivity contribution in [3.63, 3.8) is 0 Å². The number of aryl methyl sites for hydroxylation is 1. The van der Waals surface area contributed by atoms with Crippen LogP contribution in [0.1, 0.15) is 18.1 Å². The van der Waals surface area contributed by atoms with E-state index >= 15 is 0 Å². The zero-order valence-electron chi connectivity index (χ0n) is 13.2. The molecule has 25 heavy (non-hydrogen) atoms. The molecule has 0 aromatic heterocycles. The number of benzene rings is 2. The highest BCUT2D eigenvalue weighted by Gasteiger charge is 2.51. The van der Waals surface area contributed by atoms with Crippen molar-refractivity contribution in [2.45, 2.75) is 30.5 Å². The van der Waals surface area contributed by atoms with Gasteiger partial charge in [0, 0.05) is 10.7 Å². The van der Waals surface area contributed by atoms with Gasteiger partial charge in [0.15, 0.2) is 5.60 Å². The van der Waals surface area contributed by atoms with E-state index in [-0.39, 0.29) is 15.6 Å². The molecule has 0 saturated carbocycles. The van der Waals surface area contributed by atoms with Gasteiger partial charge in [-0.2, -0.15) is 13.2 Å². The number of rotatable bonds is 4. The minimum Gasteiger partial charge on any atom is -0.376 e. The summed E-state index contributed by atoms with van der Waals surface area (Å²) in [6.45, 7) is 2.22. The zero-order chi connectivity index (χ0) is 19.0. The molecule has 0 spiro atoms. The molecule has 1 atom stereocenters. The van der Waals surface area contributed by atoms with Crippen LogP contribution in [0.4, 0.5) is 18.9 Å². The summed E-state index contributed by atoms with van der Waals surface area (Å²) in [5.74, 6) is 0. The molecule has 0 aliphatic heterocycles. The summed E-state index contributed by atoms with van der Waals surface area (Å²) in [7, 11) is -3.96. The molecular formula is C16H15ClF3NO3S. The number of hydrogen-bond donors (Lipinski definition) is 2. The van der Waals surface area contributed by atoms with Gasteiger partial charge in [-0.25, -0.2) is 8.42 Å². The minimum atomic E-state index is -4.86. The Kier molecular flexibility index (Phi) is 5.09. The van der Waals surface area contributed by atoms with Crippen molar-refractivity contribution in [3.8, 4) is 0 Å². The first-order valence-corrected chi connectivity index (χ1v) is 8.89. The fraction of sp³-hybridized carbons (Fsp3) is 0.250. The third-order valence-electron chi connectivity index (χ3n) is 3.69. The quantitative estimate of drug-likeness (QED) is 0.817. The first-order valence-electron chi connectivity index (χ1n) is 7.03. The van der Waals surface area contributed by atoms with Gasteiger partial charge >= 0.3 is 6.18 Å². The highest BCUT2D eigenvalue weighted by atomic mass is 35.5. The summed E-state index contributed by atoms with van der Waals surface area (Å²) in [5.41, 5.74) is -2.91. The van der Waals surface area contributed by atoms with Gasteiger partial charge in [0.2, 0.25) is 0 Å². The van der Waals surface area contributed by atoms with Crippen LogP contribution in [0, 0.1) is 6.92 Å². The predicted octanol–water partition coefficient (Wildman–Crippen LogP) is 4.22. The molecule has 2 aromatic carbocycles. The Morgan fingerprint density at radius 1 is 1.08 bits per heavy atom. The molecule has 2 aromatic rings. The van der Waals surface area contributed by atoms with Crippen molar-refractivity contribution in [1.82, 2.24) is 0 Å². The van der Waals surface area contributed by atoms with E-state index in [0.717, 1.165) is 24.3 Å². The summed E-state index contributed by atoms with van der Waals surface area (Å²) in [6.07, 6.45) is -4.86. The van der Waals surface area contributed by atoms with Crippen LogP contribution in [0.15, 0.2) is 47.4 Å². The lowest BCUT2D eigenvalue weighted by Crippen LogP contribution is -2.39. The lowest BCUT2D eigenvalue weighted by Gasteiger charge is -2.26. The van der Waals surface area contributed by atoms with E-state index in [1.54, 1.807) is 19.1 Å². The number of sulfonamides is 1. The largest absolute Gasteiger partial charge is 0.421 e. The Morgan fingerprint density at radius 3 is 2.16 bits per heavy atom. The molecule has 0 saturated heterocycles. The van der Waals surface area contributed by atoms with Gasteiger partial charge in [0.1, 0.15) is 0 Å². The normalized spacial score (nSPS) is 14.8. The monoisotopic (exact) mass is 393 g/mol. The molecule has 0 radical (unpaired) electrons. The van der Waals surface area contributed by atoms with Crippen molar-refractivity contribution in [1.29, 1.82) is 0 Å². The van der Waals surface area contributed by atoms with Crippen LogP contribution in [0.2, 0.25) is 5.02 Å². The summed E-state index contributed by atoms with van der Waals surface area (Å²) >= 11 is 5.81. The molecule has 0 amide bonds. The Bertz CT molecular complexity index is 878. The van der Waals surface area contributed by atoms with Gasteiger partial charge in [0.25, 0.3) is 10.0 Å². The van der Waals surface area contributed by atoms with Gasteiger partial charge in [-0.3, -0.25) is 4.72 Å². The average Bonchev–Trinajstić information content (AvgIpc) is 2.48. The summed E-state index contributed by atoms with van der Waals surface area (Å²) in [4.78, 5) is -0.0358. The van der Waals surface area contributed by atoms with E-state index < -0.39 is 27.4 Å². The second-order valence-electron chi connectivity index (χ2n) is 5.66. The summed E-state index contributed by atoms with van der Waals surface area (Å²) < 4.78 is 65.6. The van der Waals surface area contributed by atoms with E-state index in [1.165, 1.54) is 6.07 Å². The first-order chi connectivity index (χ1) is 11.3. The van der Waals surface area contributed by atoms with Gasteiger partial charge in [-0.05, 0) is 49.2 Å². The zero-order valence-corrected chi connectivity index (χ0v) is 14.8. The van der Waals surface area contributed by atoms with Crippen LogP contribution < -0.4 is 4.72 Å². The van der Waals surface area contributed by atoms with Crippen LogP contribution in [0.5, 0.6) is 0 Å². The van der Waals surface area contributed by atoms with E-state index in [0.29, 0.717) is 12.5 Å². The van der Waals surface area contributed by atoms with Gasteiger partial charge in [-0.15, -0.1) is 0 Å². The average molecular weight is 394 g/mol. The molecule has 0 bridgehead atoms. The topological polar surface area (TPSA) is 66.4 Å². The Hall–Kier alpha value is -1.77. The number of alkyl halides is 3. The molecule has 2 N–H and O–H groups in total. The molecule has 2 rings (SSSR count). The molecule has 0 heterocycles. The smallest absolute Gasteiger partial charge is 0.376 e. The van der Waals surface area contributed by atoms with Crippen LogP contribution in [0.25, 0.3) is 0 Å². The van der Waals surface area contributed by atoms with Crippen LogP contribution in [-0.2, 0) is 15.6 Å². The predicted molar refractivity (Wildman–Crippen MR) is 89.1 cm³/mol. The number of halogens is 4. The van der Waals surface area contributed by atoms with E-state index in [2.05, 4.69) is 4.72 Å². The standard InChI is InChI=1S/C16H15ClF3NO3S/c1-10-3-6-12(17)9-14(10)25(23,24)21-13-7-4-11(5-8-13)15(2,22)16(18,19)20/h3-9,21-22H,1-2H3. The lowest BCUT2D eigenvalue weighted by atomic mass is 9.95. The number of aliphatic hydroxyl groups is 1. The summed E-state index contributed by atoms with van der Waals surface area (Å²) in [5, 5.41) is 9.85. The number of hydrogen-bond acceptors (Lipinski definition) is 3. The van der Waals surface area contributed by atoms with Crippen molar-refractivity contribution in [2.24, 2.45) is 0 Å². The van der Waals surface area contributed by atoms with E-state index in [4.69, 9.17) is 11.6 Å². The highest BCUT2D eigenvalue weighted by molar-refractivity contribution is 7.92. The Labute approximate surface area is 148 Å². The molecule has 0 fully saturated rings. The SMILES string of the molecule is Cc1ccc(Cl)cc1S(=O)(=O)Nc1ccc(C(C)(O)C(F)(F)F)cc1. The lowest BCUT2D eigenvalue weighted by molar-refractivity contribution is -0.258. The molecule has 0 aliphatic carbocycles. The molecular weight excluding hydrogens is 379 g/mol. The molecule has 0 aliphatic rings. The maximum atomic E-state index is 12.8. The second kappa shape index (κ2) is 6.51. The molecule has 136 valence electrons. The van der Waals surface area contributed by atoms with Crippen molar-refractivity contribution < 1.29 is 26.7 Å². The minimum absolute atomic E-state index is 0.0358. The van der Waals surface area contributed by atoms with E-state index in [1.807, 2.05) is 0 Å². The fourth-order valence-electron chi connectivity index (χ4n) is 2.10. The number of nitrogens with one attached hydrogen (secondary N) is 1. The molecule has 9 heteroatoms. The summed E-state index contributed by atoms with van der Waals surface area (Å²) in [6, 6.07) is 8.68. The maximum Gasteiger partial charge on any atom is 0.421 e. The molecule has 1 unspecified atom stereocenters. The van der Waals surface area contributed by atoms with E-state index in [9.17, 15) is 26.7 Å². The maximum absolute atomic E-state index is 12.8. The van der Waals surface area contributed by atoms with Crippen molar-refractivity contribution >= 4 is 27.3 Å². The Balaban J connectivity index is 2.31. The van der Waals surface area contributed by atoms with Gasteiger partial charge in [0.05, 0.1) is 4.90 Å².